The van der Waals surface area contributed by atoms with Crippen molar-refractivity contribution < 1.29 is 0 Å². The number of imidazole rings is 1. The second kappa shape index (κ2) is 3.33. The SMILES string of the molecule is Cc1ccc2nc3sc4ccc(C)cc4n3c2c1. The fraction of sp³-hybridized carbons (Fsp3) is 0.133. The van der Waals surface area contributed by atoms with E-state index in [1.54, 1.807) is 11.3 Å². The topological polar surface area (TPSA) is 17.3 Å². The first kappa shape index (κ1) is 10.1. The highest BCUT2D eigenvalue weighted by Crippen LogP contribution is 2.31. The van der Waals surface area contributed by atoms with Crippen LogP contribution in [0.5, 0.6) is 0 Å². The smallest absolute Gasteiger partial charge is 0.195 e. The van der Waals surface area contributed by atoms with Gasteiger partial charge in [0.05, 0.1) is 21.3 Å². The second-order valence-electron chi connectivity index (χ2n) is 4.80. The number of benzene rings is 2. The summed E-state index contributed by atoms with van der Waals surface area (Å²) >= 11 is 1.75. The Morgan fingerprint density at radius 1 is 0.944 bits per heavy atom. The average molecular weight is 252 g/mol. The normalized spacial score (nSPS) is 11.9. The molecule has 0 amide bonds. The number of fused-ring (bicyclic) bond motifs is 5. The van der Waals surface area contributed by atoms with Crippen LogP contribution in [0.3, 0.4) is 0 Å². The number of hydrogen-bond acceptors (Lipinski definition) is 2. The Morgan fingerprint density at radius 2 is 1.67 bits per heavy atom. The van der Waals surface area contributed by atoms with Gasteiger partial charge in [-0.15, -0.1) is 0 Å². The van der Waals surface area contributed by atoms with E-state index in [9.17, 15) is 0 Å². The van der Waals surface area contributed by atoms with Crippen molar-refractivity contribution >= 4 is 37.5 Å². The molecular weight excluding hydrogens is 240 g/mol. The van der Waals surface area contributed by atoms with Crippen molar-refractivity contribution in [2.24, 2.45) is 0 Å². The summed E-state index contributed by atoms with van der Waals surface area (Å²) < 4.78 is 3.57. The molecule has 2 aromatic heterocycles. The lowest BCUT2D eigenvalue weighted by atomic mass is 10.2. The summed E-state index contributed by atoms with van der Waals surface area (Å²) in [4.78, 5) is 5.78. The molecule has 0 aliphatic heterocycles. The molecule has 4 rings (SSSR count). The molecule has 18 heavy (non-hydrogen) atoms. The quantitative estimate of drug-likeness (QED) is 0.455. The standard InChI is InChI=1S/C15H12N2S/c1-9-3-5-11-12(7-9)17-13-8-10(2)4-6-14(13)18-15(17)16-11/h3-8H,1-2H3. The summed E-state index contributed by atoms with van der Waals surface area (Å²) in [7, 11) is 0. The maximum absolute atomic E-state index is 4.70. The number of aryl methyl sites for hydroxylation is 2. The van der Waals surface area contributed by atoms with E-state index in [-0.39, 0.29) is 0 Å². The van der Waals surface area contributed by atoms with Crippen LogP contribution in [0.2, 0.25) is 0 Å². The minimum atomic E-state index is 1.08. The molecule has 88 valence electrons. The molecule has 0 aliphatic carbocycles. The average Bonchev–Trinajstić information content (AvgIpc) is 2.85. The minimum Gasteiger partial charge on any atom is -0.283 e. The zero-order valence-corrected chi connectivity index (χ0v) is 11.1. The van der Waals surface area contributed by atoms with Gasteiger partial charge in [-0.3, -0.25) is 4.40 Å². The number of nitrogens with zero attached hydrogens (tertiary/aromatic N) is 2. The third kappa shape index (κ3) is 1.25. The Labute approximate surface area is 109 Å². The third-order valence-electron chi connectivity index (χ3n) is 3.34. The molecule has 0 fully saturated rings. The fourth-order valence-corrected chi connectivity index (χ4v) is 3.47. The fourth-order valence-electron chi connectivity index (χ4n) is 2.45. The number of rotatable bonds is 0. The molecule has 0 saturated heterocycles. The van der Waals surface area contributed by atoms with Crippen LogP contribution < -0.4 is 0 Å². The lowest BCUT2D eigenvalue weighted by Crippen LogP contribution is -1.82. The number of thiazole rings is 1. The van der Waals surface area contributed by atoms with Gasteiger partial charge in [0, 0.05) is 0 Å². The van der Waals surface area contributed by atoms with Crippen molar-refractivity contribution in [3.05, 3.63) is 47.5 Å². The number of aromatic nitrogens is 2. The van der Waals surface area contributed by atoms with Crippen LogP contribution >= 0.6 is 11.3 Å². The Hall–Kier alpha value is -1.87. The van der Waals surface area contributed by atoms with Crippen molar-refractivity contribution in [3.63, 3.8) is 0 Å². The van der Waals surface area contributed by atoms with Crippen LogP contribution in [-0.2, 0) is 0 Å². The van der Waals surface area contributed by atoms with Gasteiger partial charge < -0.3 is 0 Å². The zero-order valence-electron chi connectivity index (χ0n) is 10.3. The molecular formula is C15H12N2S. The maximum Gasteiger partial charge on any atom is 0.195 e. The minimum absolute atomic E-state index is 1.08. The lowest BCUT2D eigenvalue weighted by Gasteiger charge is -1.97. The van der Waals surface area contributed by atoms with Gasteiger partial charge in [-0.2, -0.15) is 0 Å². The highest BCUT2D eigenvalue weighted by atomic mass is 32.1. The summed E-state index contributed by atoms with van der Waals surface area (Å²) in [5.41, 5.74) is 6.12. The van der Waals surface area contributed by atoms with E-state index in [1.165, 1.54) is 26.9 Å². The van der Waals surface area contributed by atoms with Gasteiger partial charge in [0.1, 0.15) is 0 Å². The second-order valence-corrected chi connectivity index (χ2v) is 5.80. The van der Waals surface area contributed by atoms with Crippen LogP contribution in [0.4, 0.5) is 0 Å². The highest BCUT2D eigenvalue weighted by molar-refractivity contribution is 7.23. The molecule has 0 bridgehead atoms. The van der Waals surface area contributed by atoms with Crippen LogP contribution in [0.1, 0.15) is 11.1 Å². The van der Waals surface area contributed by atoms with E-state index < -0.39 is 0 Å². The summed E-state index contributed by atoms with van der Waals surface area (Å²) in [6, 6.07) is 13.0. The van der Waals surface area contributed by atoms with Gasteiger partial charge in [0.15, 0.2) is 4.96 Å². The summed E-state index contributed by atoms with van der Waals surface area (Å²) in [5, 5.41) is 0. The Balaban J connectivity index is 2.30. The Morgan fingerprint density at radius 3 is 2.50 bits per heavy atom. The van der Waals surface area contributed by atoms with Crippen LogP contribution in [-0.4, -0.2) is 9.38 Å². The molecule has 4 aromatic rings. The van der Waals surface area contributed by atoms with Gasteiger partial charge in [0.25, 0.3) is 0 Å². The molecule has 0 N–H and O–H groups in total. The zero-order chi connectivity index (χ0) is 12.3. The first-order valence-corrected chi connectivity index (χ1v) is 6.82. The van der Waals surface area contributed by atoms with E-state index in [0.29, 0.717) is 0 Å². The van der Waals surface area contributed by atoms with Crippen molar-refractivity contribution in [1.82, 2.24) is 9.38 Å². The predicted octanol–water partition coefficient (Wildman–Crippen LogP) is 4.32. The molecule has 0 aliphatic rings. The molecule has 3 heteroatoms. The lowest BCUT2D eigenvalue weighted by molar-refractivity contribution is 1.33. The molecule has 0 atom stereocenters. The van der Waals surface area contributed by atoms with Gasteiger partial charge in [0.2, 0.25) is 0 Å². The first-order chi connectivity index (χ1) is 8.72. The largest absolute Gasteiger partial charge is 0.283 e. The van der Waals surface area contributed by atoms with Gasteiger partial charge in [-0.1, -0.05) is 23.5 Å². The molecule has 2 nitrogen and oxygen atoms in total. The van der Waals surface area contributed by atoms with Gasteiger partial charge >= 0.3 is 0 Å². The monoisotopic (exact) mass is 252 g/mol. The van der Waals surface area contributed by atoms with Crippen molar-refractivity contribution in [1.29, 1.82) is 0 Å². The van der Waals surface area contributed by atoms with Crippen LogP contribution in [0.25, 0.3) is 26.2 Å². The van der Waals surface area contributed by atoms with Crippen LogP contribution in [0, 0.1) is 13.8 Å². The predicted molar refractivity (Wildman–Crippen MR) is 77.6 cm³/mol. The van der Waals surface area contributed by atoms with E-state index >= 15 is 0 Å². The van der Waals surface area contributed by atoms with E-state index in [2.05, 4.69) is 54.6 Å². The van der Waals surface area contributed by atoms with Crippen molar-refractivity contribution in [3.8, 4) is 0 Å². The molecule has 2 aromatic carbocycles. The maximum atomic E-state index is 4.70. The first-order valence-electron chi connectivity index (χ1n) is 6.00. The van der Waals surface area contributed by atoms with E-state index in [1.807, 2.05) is 0 Å². The number of hydrogen-bond donors (Lipinski definition) is 0. The van der Waals surface area contributed by atoms with Gasteiger partial charge in [-0.25, -0.2) is 4.98 Å². The molecule has 0 spiro atoms. The summed E-state index contributed by atoms with van der Waals surface area (Å²) in [5.74, 6) is 0. The molecule has 0 unspecified atom stereocenters. The highest BCUT2D eigenvalue weighted by Gasteiger charge is 2.10. The van der Waals surface area contributed by atoms with E-state index in [4.69, 9.17) is 4.98 Å². The molecule has 0 radical (unpaired) electrons. The molecule has 2 heterocycles. The van der Waals surface area contributed by atoms with Crippen molar-refractivity contribution in [2.75, 3.05) is 0 Å². The molecule has 0 saturated carbocycles. The third-order valence-corrected chi connectivity index (χ3v) is 4.36. The van der Waals surface area contributed by atoms with E-state index in [0.717, 1.165) is 10.5 Å². The summed E-state index contributed by atoms with van der Waals surface area (Å²) in [6.07, 6.45) is 0. The van der Waals surface area contributed by atoms with Crippen molar-refractivity contribution in [2.45, 2.75) is 13.8 Å². The van der Waals surface area contributed by atoms with Gasteiger partial charge in [-0.05, 0) is 49.2 Å². The summed E-state index contributed by atoms with van der Waals surface area (Å²) in [6.45, 7) is 4.26. The Bertz CT molecular complexity index is 828. The van der Waals surface area contributed by atoms with Crippen LogP contribution in [0.15, 0.2) is 36.4 Å². The Kier molecular flexibility index (Phi) is 1.87.